The molecule has 0 aromatic heterocycles. The molecule has 0 aliphatic rings. The largest absolute Gasteiger partial charge is 0.480 e. The van der Waals surface area contributed by atoms with Crippen molar-refractivity contribution in [2.75, 3.05) is 5.75 Å². The van der Waals surface area contributed by atoms with E-state index in [0.29, 0.717) is 6.42 Å². The first-order chi connectivity index (χ1) is 5.74. The molecular weight excluding hydrogens is 230 g/mol. The van der Waals surface area contributed by atoms with Gasteiger partial charge in [-0.3, -0.25) is 4.79 Å². The van der Waals surface area contributed by atoms with Crippen LogP contribution in [0.25, 0.3) is 0 Å². The Morgan fingerprint density at radius 3 is 1.92 bits per heavy atom. The lowest BCUT2D eigenvalue weighted by molar-refractivity contribution is -0.137. The first kappa shape index (κ1) is 15.9. The molecule has 0 saturated carbocycles. The Hall–Kier alpha value is 0.440. The summed E-state index contributed by atoms with van der Waals surface area (Å²) in [5.74, 6) is -0.815. The molecule has 7 heteroatoms. The number of hydrogen-bond donors (Lipinski definition) is 6. The molecule has 0 amide bonds. The van der Waals surface area contributed by atoms with E-state index in [1.54, 1.807) is 6.92 Å². The molecule has 0 bridgehead atoms. The molecule has 80 valence electrons. The van der Waals surface area contributed by atoms with Gasteiger partial charge in [-0.2, -0.15) is 12.6 Å². The van der Waals surface area contributed by atoms with E-state index < -0.39 is 16.3 Å². The predicted octanol–water partition coefficient (Wildman–Crippen LogP) is 0.230. The number of nitrogens with two attached hydrogens (primary N) is 1. The van der Waals surface area contributed by atoms with E-state index in [-0.39, 0.29) is 5.75 Å². The Kier molecular flexibility index (Phi) is 9.55. The fourth-order valence-electron chi connectivity index (χ4n) is 0.0781. The van der Waals surface area contributed by atoms with Crippen molar-refractivity contribution in [3.8, 4) is 0 Å². The molecule has 0 aliphatic carbocycles. The van der Waals surface area contributed by atoms with Crippen molar-refractivity contribution in [2.45, 2.75) is 23.7 Å². The van der Waals surface area contributed by atoms with Crippen LogP contribution in [0.2, 0.25) is 0 Å². The first-order valence-electron chi connectivity index (χ1n) is 3.51. The molecule has 4 N–H and O–H groups in total. The second-order valence-electron chi connectivity index (χ2n) is 2.26. The van der Waals surface area contributed by atoms with E-state index in [0.717, 1.165) is 0 Å². The summed E-state index contributed by atoms with van der Waals surface area (Å²) in [6.45, 7) is 1.81. The number of aliphatic carboxylic acids is 1. The number of rotatable bonds is 3. The van der Waals surface area contributed by atoms with Crippen LogP contribution < -0.4 is 5.73 Å². The molecule has 0 rings (SSSR count). The van der Waals surface area contributed by atoms with Gasteiger partial charge in [0.25, 0.3) is 0 Å². The number of carboxylic acid groups (broad SMARTS) is 1. The second kappa shape index (κ2) is 7.81. The monoisotopic (exact) mass is 245 g/mol. The van der Waals surface area contributed by atoms with E-state index in [1.807, 2.05) is 0 Å². The summed E-state index contributed by atoms with van der Waals surface area (Å²) in [5, 5.41) is 16.6. The third-order valence-electron chi connectivity index (χ3n) is 0.988. The van der Waals surface area contributed by atoms with Crippen molar-refractivity contribution in [1.82, 2.24) is 0 Å². The fourth-order valence-corrected chi connectivity index (χ4v) is 0.234. The minimum absolute atomic E-state index is 0.190. The Labute approximate surface area is 94.1 Å². The van der Waals surface area contributed by atoms with Crippen LogP contribution in [0.4, 0.5) is 0 Å². The smallest absolute Gasteiger partial charge is 0.321 e. The first-order valence-corrected chi connectivity index (χ1v) is 5.03. The lowest BCUT2D eigenvalue weighted by Gasteiger charge is -2.09. The fraction of sp³-hybridized carbons (Fsp3) is 0.833. The normalized spacial score (nSPS) is 12.8. The molecule has 0 spiro atoms. The van der Waals surface area contributed by atoms with E-state index in [2.05, 4.69) is 37.9 Å². The molecule has 4 nitrogen and oxygen atoms in total. The van der Waals surface area contributed by atoms with Crippen molar-refractivity contribution in [3.63, 3.8) is 0 Å². The van der Waals surface area contributed by atoms with Gasteiger partial charge in [-0.05, 0) is 6.42 Å². The highest BCUT2D eigenvalue weighted by molar-refractivity contribution is 8.00. The van der Waals surface area contributed by atoms with Crippen molar-refractivity contribution in [2.24, 2.45) is 5.73 Å². The maximum Gasteiger partial charge on any atom is 0.321 e. The summed E-state index contributed by atoms with van der Waals surface area (Å²) < 4.78 is -1.07. The van der Waals surface area contributed by atoms with Crippen LogP contribution in [-0.4, -0.2) is 32.2 Å². The summed E-state index contributed by atoms with van der Waals surface area (Å²) in [5.41, 5.74) is 4.94. The van der Waals surface area contributed by atoms with Crippen LogP contribution in [0, 0.1) is 0 Å². The Morgan fingerprint density at radius 2 is 1.92 bits per heavy atom. The van der Waals surface area contributed by atoms with Gasteiger partial charge in [0.05, 0.1) is 0 Å². The zero-order valence-corrected chi connectivity index (χ0v) is 9.90. The van der Waals surface area contributed by atoms with Crippen LogP contribution in [0.15, 0.2) is 0 Å². The minimum atomic E-state index is -1.07. The number of hydrogen-bond acceptors (Lipinski definition) is 6. The quantitative estimate of drug-likeness (QED) is 0.318. The van der Waals surface area contributed by atoms with Gasteiger partial charge in [0.1, 0.15) is 6.04 Å². The third kappa shape index (κ3) is 15.2. The summed E-state index contributed by atoms with van der Waals surface area (Å²) in [6, 6.07) is -0.816. The molecule has 0 aromatic carbocycles. The molecular formula is C6H15NO3S3. The summed E-state index contributed by atoms with van der Waals surface area (Å²) in [6.07, 6.45) is 0.555. The standard InChI is InChI=1S/C3H7NO2S.C3H8OS2/c4-2(1-7)3(5)6;1-2-3(4,5)6/h2,7H,1,4H2,(H,5,6);4-6H,2H2,1H3. The van der Waals surface area contributed by atoms with Gasteiger partial charge in [0.2, 0.25) is 0 Å². The average Bonchev–Trinajstić information content (AvgIpc) is 2.02. The maximum absolute atomic E-state index is 9.76. The van der Waals surface area contributed by atoms with Gasteiger partial charge >= 0.3 is 5.97 Å². The highest BCUT2D eigenvalue weighted by atomic mass is 32.2. The van der Waals surface area contributed by atoms with E-state index in [9.17, 15) is 4.79 Å². The van der Waals surface area contributed by atoms with Crippen molar-refractivity contribution in [3.05, 3.63) is 0 Å². The van der Waals surface area contributed by atoms with Gasteiger partial charge in [-0.15, -0.1) is 25.3 Å². The van der Waals surface area contributed by atoms with Crippen molar-refractivity contribution >= 4 is 43.9 Å². The Bertz CT molecular complexity index is 149. The Balaban J connectivity index is 0. The van der Waals surface area contributed by atoms with Gasteiger partial charge in [-0.25, -0.2) is 0 Å². The molecule has 0 fully saturated rings. The van der Waals surface area contributed by atoms with E-state index in [4.69, 9.17) is 15.9 Å². The summed E-state index contributed by atoms with van der Waals surface area (Å²) >= 11 is 11.0. The summed E-state index contributed by atoms with van der Waals surface area (Å²) in [7, 11) is 0. The van der Waals surface area contributed by atoms with Gasteiger partial charge in [-0.1, -0.05) is 6.92 Å². The predicted molar refractivity (Wildman–Crippen MR) is 62.7 cm³/mol. The van der Waals surface area contributed by atoms with Crippen molar-refractivity contribution in [1.29, 1.82) is 0 Å². The van der Waals surface area contributed by atoms with Crippen LogP contribution >= 0.6 is 37.9 Å². The average molecular weight is 245 g/mol. The Morgan fingerprint density at radius 1 is 1.62 bits per heavy atom. The minimum Gasteiger partial charge on any atom is -0.480 e. The highest BCUT2D eigenvalue weighted by Crippen LogP contribution is 2.17. The van der Waals surface area contributed by atoms with Gasteiger partial charge < -0.3 is 15.9 Å². The van der Waals surface area contributed by atoms with Crippen molar-refractivity contribution < 1.29 is 15.0 Å². The zero-order chi connectivity index (χ0) is 11.1. The third-order valence-corrected chi connectivity index (χ3v) is 2.01. The molecule has 1 unspecified atom stereocenters. The van der Waals surface area contributed by atoms with Crippen LogP contribution in [0.3, 0.4) is 0 Å². The van der Waals surface area contributed by atoms with Gasteiger partial charge in [0.15, 0.2) is 4.27 Å². The molecule has 0 radical (unpaired) electrons. The molecule has 0 saturated heterocycles. The lowest BCUT2D eigenvalue weighted by atomic mass is 10.4. The van der Waals surface area contributed by atoms with Crippen LogP contribution in [-0.2, 0) is 4.79 Å². The highest BCUT2D eigenvalue weighted by Gasteiger charge is 2.08. The maximum atomic E-state index is 9.76. The summed E-state index contributed by atoms with van der Waals surface area (Å²) in [4.78, 5) is 9.76. The second-order valence-corrected chi connectivity index (χ2v) is 4.45. The number of carboxylic acids is 1. The molecule has 1 atom stereocenters. The number of carbonyl (C=O) groups is 1. The molecule has 0 aliphatic heterocycles. The van der Waals surface area contributed by atoms with E-state index in [1.165, 1.54) is 0 Å². The van der Waals surface area contributed by atoms with Crippen LogP contribution in [0.5, 0.6) is 0 Å². The van der Waals surface area contributed by atoms with E-state index >= 15 is 0 Å². The molecule has 13 heavy (non-hydrogen) atoms. The molecule has 0 aromatic rings. The zero-order valence-electron chi connectivity index (χ0n) is 7.21. The number of aliphatic hydroxyl groups is 1. The topological polar surface area (TPSA) is 83.5 Å². The number of thiol groups is 3. The SMILES string of the molecule is CCC(O)(S)S.NC(CS)C(=O)O. The van der Waals surface area contributed by atoms with Crippen LogP contribution in [0.1, 0.15) is 13.3 Å². The molecule has 0 heterocycles. The van der Waals surface area contributed by atoms with Gasteiger partial charge in [0, 0.05) is 5.75 Å². The lowest BCUT2D eigenvalue weighted by Crippen LogP contribution is -2.31.